The van der Waals surface area contributed by atoms with E-state index in [-0.39, 0.29) is 5.97 Å². The number of halogens is 3. The summed E-state index contributed by atoms with van der Waals surface area (Å²) in [6.07, 6.45) is 0.717. The molecule has 0 aliphatic carbocycles. The summed E-state index contributed by atoms with van der Waals surface area (Å²) in [5.41, 5.74) is 3.39. The van der Waals surface area contributed by atoms with Gasteiger partial charge < -0.3 is 14.0 Å². The summed E-state index contributed by atoms with van der Waals surface area (Å²) >= 11 is 17.4. The number of aryl methyl sites for hydroxylation is 3. The van der Waals surface area contributed by atoms with E-state index >= 15 is 0 Å². The standard InChI is InChI=1S/C19H18BrCl2NO3S/c1-10-7-12(8-11(2)16(10)21)26-6-4-5-23-13(19(24)25-3)9-14-17(23)15(20)18(22)27-14/h7-9H,4-6H2,1-3H3. The molecule has 0 unspecified atom stereocenters. The first-order chi connectivity index (χ1) is 12.8. The Morgan fingerprint density at radius 3 is 2.52 bits per heavy atom. The Labute approximate surface area is 180 Å². The van der Waals surface area contributed by atoms with E-state index in [1.165, 1.54) is 18.4 Å². The summed E-state index contributed by atoms with van der Waals surface area (Å²) < 4.78 is 15.1. The molecule has 144 valence electrons. The van der Waals surface area contributed by atoms with Crippen LogP contribution < -0.4 is 4.74 Å². The number of aromatic nitrogens is 1. The fourth-order valence-corrected chi connectivity index (χ4v) is 5.08. The lowest BCUT2D eigenvalue weighted by Crippen LogP contribution is -2.12. The summed E-state index contributed by atoms with van der Waals surface area (Å²) in [7, 11) is 1.38. The molecule has 2 heterocycles. The van der Waals surface area contributed by atoms with Gasteiger partial charge in [0.2, 0.25) is 0 Å². The summed E-state index contributed by atoms with van der Waals surface area (Å²) in [5, 5.41) is 0.763. The first-order valence-corrected chi connectivity index (χ1v) is 10.6. The molecular weight excluding hydrogens is 473 g/mol. The molecule has 8 heteroatoms. The number of fused-ring (bicyclic) bond motifs is 1. The Kier molecular flexibility index (Phi) is 6.41. The maximum absolute atomic E-state index is 12.1. The lowest BCUT2D eigenvalue weighted by atomic mass is 10.1. The van der Waals surface area contributed by atoms with E-state index in [9.17, 15) is 4.79 Å². The predicted molar refractivity (Wildman–Crippen MR) is 115 cm³/mol. The van der Waals surface area contributed by atoms with Crippen molar-refractivity contribution in [1.82, 2.24) is 4.57 Å². The van der Waals surface area contributed by atoms with Crippen molar-refractivity contribution < 1.29 is 14.3 Å². The number of carbonyl (C=O) groups is 1. The average Bonchev–Trinajstić information content (AvgIpc) is 3.12. The second-order valence-corrected chi connectivity index (χ2v) is 8.97. The molecule has 0 fully saturated rings. The molecule has 4 nitrogen and oxygen atoms in total. The maximum Gasteiger partial charge on any atom is 0.354 e. The Balaban J connectivity index is 1.75. The van der Waals surface area contributed by atoms with Crippen LogP contribution in [0.1, 0.15) is 28.0 Å². The van der Waals surface area contributed by atoms with E-state index < -0.39 is 0 Å². The number of ether oxygens (including phenoxy) is 2. The van der Waals surface area contributed by atoms with Crippen molar-refractivity contribution >= 4 is 66.7 Å². The monoisotopic (exact) mass is 489 g/mol. The number of rotatable bonds is 6. The Morgan fingerprint density at radius 2 is 1.89 bits per heavy atom. The van der Waals surface area contributed by atoms with Crippen LogP contribution in [0.3, 0.4) is 0 Å². The molecule has 0 N–H and O–H groups in total. The zero-order valence-corrected chi connectivity index (χ0v) is 19.0. The van der Waals surface area contributed by atoms with Crippen LogP contribution in [0.25, 0.3) is 10.2 Å². The zero-order valence-electron chi connectivity index (χ0n) is 15.1. The summed E-state index contributed by atoms with van der Waals surface area (Å²) in [4.78, 5) is 12.1. The quantitative estimate of drug-likeness (QED) is 0.287. The summed E-state index contributed by atoms with van der Waals surface area (Å²) in [6, 6.07) is 5.67. The van der Waals surface area contributed by atoms with Gasteiger partial charge in [-0.1, -0.05) is 23.2 Å². The third kappa shape index (κ3) is 4.14. The third-order valence-corrected chi connectivity index (χ3v) is 7.44. The Hall–Kier alpha value is -1.21. The minimum Gasteiger partial charge on any atom is -0.494 e. The minimum absolute atomic E-state index is 0.369. The molecule has 0 atom stereocenters. The van der Waals surface area contributed by atoms with Gasteiger partial charge in [0.05, 0.1) is 28.4 Å². The van der Waals surface area contributed by atoms with Gasteiger partial charge in [-0.2, -0.15) is 0 Å². The Morgan fingerprint density at radius 1 is 1.22 bits per heavy atom. The molecule has 27 heavy (non-hydrogen) atoms. The van der Waals surface area contributed by atoms with Gasteiger partial charge in [0.25, 0.3) is 0 Å². The van der Waals surface area contributed by atoms with Crippen molar-refractivity contribution in [2.24, 2.45) is 0 Å². The molecule has 3 rings (SSSR count). The lowest BCUT2D eigenvalue weighted by Gasteiger charge is -2.12. The van der Waals surface area contributed by atoms with Crippen LogP contribution >= 0.6 is 50.5 Å². The molecule has 3 aromatic rings. The van der Waals surface area contributed by atoms with Crippen molar-refractivity contribution in [3.63, 3.8) is 0 Å². The molecule has 1 aromatic carbocycles. The van der Waals surface area contributed by atoms with Crippen molar-refractivity contribution in [2.45, 2.75) is 26.8 Å². The second kappa shape index (κ2) is 8.43. The van der Waals surface area contributed by atoms with Gasteiger partial charge in [0.15, 0.2) is 0 Å². The van der Waals surface area contributed by atoms with Crippen molar-refractivity contribution in [3.05, 3.63) is 48.9 Å². The van der Waals surface area contributed by atoms with E-state index in [0.29, 0.717) is 29.6 Å². The number of methoxy groups -OCH3 is 1. The molecule has 2 aromatic heterocycles. The van der Waals surface area contributed by atoms with Gasteiger partial charge >= 0.3 is 5.97 Å². The molecule has 0 radical (unpaired) electrons. The van der Waals surface area contributed by atoms with Crippen LogP contribution in [-0.4, -0.2) is 24.3 Å². The van der Waals surface area contributed by atoms with Gasteiger partial charge in [-0.25, -0.2) is 4.79 Å². The molecule has 0 aliphatic heterocycles. The third-order valence-electron chi connectivity index (χ3n) is 4.24. The largest absolute Gasteiger partial charge is 0.494 e. The maximum atomic E-state index is 12.1. The molecule has 0 saturated carbocycles. The molecule has 0 bridgehead atoms. The summed E-state index contributed by atoms with van der Waals surface area (Å²) in [6.45, 7) is 5.03. The fourth-order valence-electron chi connectivity index (χ4n) is 2.97. The first kappa shape index (κ1) is 20.5. The number of benzene rings is 1. The van der Waals surface area contributed by atoms with E-state index in [2.05, 4.69) is 15.9 Å². The normalized spacial score (nSPS) is 11.2. The highest BCUT2D eigenvalue weighted by molar-refractivity contribution is 9.10. The molecule has 0 saturated heterocycles. The van der Waals surface area contributed by atoms with Crippen LogP contribution in [-0.2, 0) is 11.3 Å². The van der Waals surface area contributed by atoms with E-state index in [0.717, 1.165) is 36.6 Å². The van der Waals surface area contributed by atoms with Crippen LogP contribution in [0, 0.1) is 13.8 Å². The van der Waals surface area contributed by atoms with Gasteiger partial charge in [-0.3, -0.25) is 0 Å². The summed E-state index contributed by atoms with van der Waals surface area (Å²) in [5.74, 6) is 0.422. The van der Waals surface area contributed by atoms with Crippen LogP contribution in [0.2, 0.25) is 9.36 Å². The van der Waals surface area contributed by atoms with Gasteiger partial charge in [0.1, 0.15) is 15.8 Å². The molecule has 0 spiro atoms. The van der Waals surface area contributed by atoms with E-state index in [1.807, 2.05) is 36.6 Å². The number of hydrogen-bond donors (Lipinski definition) is 0. The highest BCUT2D eigenvalue weighted by Crippen LogP contribution is 2.41. The smallest absolute Gasteiger partial charge is 0.354 e. The first-order valence-electron chi connectivity index (χ1n) is 8.28. The highest BCUT2D eigenvalue weighted by Gasteiger charge is 2.21. The molecular formula is C19H18BrCl2NO3S. The van der Waals surface area contributed by atoms with Crippen LogP contribution in [0.5, 0.6) is 5.75 Å². The molecule has 0 aliphatic rings. The topological polar surface area (TPSA) is 40.5 Å². The van der Waals surface area contributed by atoms with Crippen LogP contribution in [0.15, 0.2) is 22.7 Å². The van der Waals surface area contributed by atoms with Gasteiger partial charge in [-0.05, 0) is 65.5 Å². The number of hydrogen-bond acceptors (Lipinski definition) is 4. The fraction of sp³-hybridized carbons (Fsp3) is 0.316. The number of carbonyl (C=O) groups excluding carboxylic acids is 1. The van der Waals surface area contributed by atoms with E-state index in [4.69, 9.17) is 32.7 Å². The highest BCUT2D eigenvalue weighted by atomic mass is 79.9. The number of thiophene rings is 1. The Bertz CT molecular complexity index is 989. The second-order valence-electron chi connectivity index (χ2n) is 6.15. The van der Waals surface area contributed by atoms with Crippen molar-refractivity contribution in [3.8, 4) is 5.75 Å². The molecule has 0 amide bonds. The number of nitrogens with zero attached hydrogens (tertiary/aromatic N) is 1. The number of esters is 1. The zero-order chi connectivity index (χ0) is 19.7. The van der Waals surface area contributed by atoms with Gasteiger partial charge in [-0.15, -0.1) is 11.3 Å². The van der Waals surface area contributed by atoms with Crippen molar-refractivity contribution in [2.75, 3.05) is 13.7 Å². The lowest BCUT2D eigenvalue weighted by molar-refractivity contribution is 0.0588. The van der Waals surface area contributed by atoms with Crippen LogP contribution in [0.4, 0.5) is 0 Å². The predicted octanol–water partition coefficient (Wildman–Crippen LogP) is 6.64. The van der Waals surface area contributed by atoms with Gasteiger partial charge in [0, 0.05) is 11.6 Å². The average molecular weight is 491 g/mol. The SMILES string of the molecule is COC(=O)c1cc2sc(Cl)c(Br)c2n1CCCOc1cc(C)c(Cl)c(C)c1. The van der Waals surface area contributed by atoms with Crippen molar-refractivity contribution in [1.29, 1.82) is 0 Å². The van der Waals surface area contributed by atoms with E-state index in [1.54, 1.807) is 0 Å². The minimum atomic E-state index is -0.369.